The van der Waals surface area contributed by atoms with Crippen molar-refractivity contribution in [1.82, 2.24) is 0 Å². The van der Waals surface area contributed by atoms with Crippen LogP contribution in [0.4, 0.5) is 0 Å². The minimum absolute atomic E-state index is 0.997. The highest BCUT2D eigenvalue weighted by molar-refractivity contribution is 4.52. The molecule has 0 aromatic carbocycles. The summed E-state index contributed by atoms with van der Waals surface area (Å²) in [6.45, 7) is 10.5. The third kappa shape index (κ3) is 2.66. The quantitative estimate of drug-likeness (QED) is 0.508. The highest BCUT2D eigenvalue weighted by Gasteiger charge is 2.11. The van der Waals surface area contributed by atoms with Crippen LogP contribution in [0.15, 0.2) is 12.8 Å². The average molecular weight is 128 g/mol. The summed E-state index contributed by atoms with van der Waals surface area (Å²) in [7, 11) is 2.20. The van der Waals surface area contributed by atoms with Gasteiger partial charge in [-0.3, -0.25) is 0 Å². The summed E-state index contributed by atoms with van der Waals surface area (Å²) < 4.78 is 0.997. The summed E-state index contributed by atoms with van der Waals surface area (Å²) in [4.78, 5) is 0. The molecule has 1 heteroatoms. The van der Waals surface area contributed by atoms with E-state index in [2.05, 4.69) is 27.5 Å². The molecule has 0 N–H and O–H groups in total. The van der Waals surface area contributed by atoms with Crippen LogP contribution in [0.25, 0.3) is 0 Å². The Morgan fingerprint density at radius 2 is 2.00 bits per heavy atom. The van der Waals surface area contributed by atoms with Gasteiger partial charge in [-0.05, 0) is 19.9 Å². The van der Waals surface area contributed by atoms with Gasteiger partial charge in [0.15, 0.2) is 0 Å². The molecule has 9 heavy (non-hydrogen) atoms. The zero-order valence-electron chi connectivity index (χ0n) is 6.85. The molecule has 0 aliphatic rings. The second-order valence-corrected chi connectivity index (χ2v) is 2.70. The van der Waals surface area contributed by atoms with Gasteiger partial charge in [0.25, 0.3) is 0 Å². The normalized spacial score (nSPS) is 16.8. The first-order valence-electron chi connectivity index (χ1n) is 3.66. The number of nitrogens with zero attached hydrogens (tertiary/aromatic N) is 1. The van der Waals surface area contributed by atoms with Crippen molar-refractivity contribution in [1.29, 1.82) is 0 Å². The molecular weight excluding hydrogens is 110 g/mol. The Bertz CT molecular complexity index is 88.6. The van der Waals surface area contributed by atoms with E-state index in [1.54, 1.807) is 0 Å². The first-order valence-corrected chi connectivity index (χ1v) is 3.66. The van der Waals surface area contributed by atoms with Crippen LogP contribution in [-0.2, 0) is 0 Å². The van der Waals surface area contributed by atoms with Gasteiger partial charge in [0, 0.05) is 0 Å². The van der Waals surface area contributed by atoms with Crippen molar-refractivity contribution in [3.63, 3.8) is 0 Å². The predicted octanol–water partition coefficient (Wildman–Crippen LogP) is 2.01. The minimum Gasteiger partial charge on any atom is -0.300 e. The van der Waals surface area contributed by atoms with Gasteiger partial charge < -0.3 is 4.48 Å². The molecule has 0 aliphatic carbocycles. The van der Waals surface area contributed by atoms with Crippen molar-refractivity contribution >= 4 is 0 Å². The van der Waals surface area contributed by atoms with Crippen molar-refractivity contribution in [3.05, 3.63) is 12.8 Å². The van der Waals surface area contributed by atoms with Gasteiger partial charge in [-0.2, -0.15) is 0 Å². The third-order valence-corrected chi connectivity index (χ3v) is 1.90. The second kappa shape index (κ2) is 3.67. The van der Waals surface area contributed by atoms with Crippen molar-refractivity contribution < 1.29 is 4.48 Å². The molecule has 1 atom stereocenters. The molecule has 0 saturated carbocycles. The van der Waals surface area contributed by atoms with Gasteiger partial charge >= 0.3 is 0 Å². The minimum atomic E-state index is 0.997. The summed E-state index contributed by atoms with van der Waals surface area (Å²) in [5.74, 6) is 0. The van der Waals surface area contributed by atoms with Crippen LogP contribution >= 0.6 is 0 Å². The smallest absolute Gasteiger partial charge is 0.0883 e. The lowest BCUT2D eigenvalue weighted by Crippen LogP contribution is -2.38. The summed E-state index contributed by atoms with van der Waals surface area (Å²) in [5, 5.41) is 0. The second-order valence-electron chi connectivity index (χ2n) is 2.70. The molecule has 0 aromatic rings. The highest BCUT2D eigenvalue weighted by Crippen LogP contribution is 2.02. The lowest BCUT2D eigenvalue weighted by Gasteiger charge is -2.27. The van der Waals surface area contributed by atoms with E-state index in [1.165, 1.54) is 13.0 Å². The van der Waals surface area contributed by atoms with Gasteiger partial charge in [0.1, 0.15) is 0 Å². The van der Waals surface area contributed by atoms with Crippen LogP contribution in [0.3, 0.4) is 0 Å². The van der Waals surface area contributed by atoms with Crippen molar-refractivity contribution in [3.8, 4) is 0 Å². The van der Waals surface area contributed by atoms with E-state index in [9.17, 15) is 0 Å². The Kier molecular flexibility index (Phi) is 3.55. The van der Waals surface area contributed by atoms with Crippen LogP contribution < -0.4 is 0 Å². The van der Waals surface area contributed by atoms with Crippen LogP contribution in [-0.4, -0.2) is 24.6 Å². The molecule has 0 heterocycles. The zero-order valence-corrected chi connectivity index (χ0v) is 6.85. The van der Waals surface area contributed by atoms with E-state index in [1.807, 2.05) is 6.20 Å². The highest BCUT2D eigenvalue weighted by atomic mass is 15.3. The number of rotatable bonds is 4. The van der Waals surface area contributed by atoms with Crippen LogP contribution in [0.2, 0.25) is 0 Å². The maximum absolute atomic E-state index is 3.79. The fourth-order valence-corrected chi connectivity index (χ4v) is 0.889. The van der Waals surface area contributed by atoms with Crippen molar-refractivity contribution in [2.45, 2.75) is 20.3 Å². The predicted molar refractivity (Wildman–Crippen MR) is 42.1 cm³/mol. The zero-order chi connectivity index (χ0) is 7.33. The average Bonchev–Trinajstić information content (AvgIpc) is 1.89. The summed E-state index contributed by atoms with van der Waals surface area (Å²) >= 11 is 0. The van der Waals surface area contributed by atoms with E-state index < -0.39 is 0 Å². The fourth-order valence-electron chi connectivity index (χ4n) is 0.889. The maximum atomic E-state index is 3.79. The summed E-state index contributed by atoms with van der Waals surface area (Å²) in [6, 6.07) is 0. The van der Waals surface area contributed by atoms with E-state index in [0.717, 1.165) is 11.0 Å². The van der Waals surface area contributed by atoms with E-state index >= 15 is 0 Å². The molecule has 0 aromatic heterocycles. The lowest BCUT2D eigenvalue weighted by molar-refractivity contribution is -0.857. The van der Waals surface area contributed by atoms with Crippen LogP contribution in [0, 0.1) is 0 Å². The number of quaternary nitrogens is 1. The van der Waals surface area contributed by atoms with Gasteiger partial charge in [0.2, 0.25) is 0 Å². The van der Waals surface area contributed by atoms with E-state index in [-0.39, 0.29) is 0 Å². The van der Waals surface area contributed by atoms with Gasteiger partial charge in [-0.1, -0.05) is 6.92 Å². The molecule has 0 fully saturated rings. The molecule has 0 amide bonds. The van der Waals surface area contributed by atoms with Gasteiger partial charge in [-0.25, -0.2) is 0 Å². The lowest BCUT2D eigenvalue weighted by atomic mass is 10.3. The van der Waals surface area contributed by atoms with Crippen LogP contribution in [0.1, 0.15) is 20.3 Å². The third-order valence-electron chi connectivity index (χ3n) is 1.90. The molecule has 0 bridgehead atoms. The van der Waals surface area contributed by atoms with Crippen molar-refractivity contribution in [2.75, 3.05) is 20.1 Å². The Balaban J connectivity index is 3.76. The molecule has 0 aliphatic heterocycles. The Morgan fingerprint density at radius 1 is 1.44 bits per heavy atom. The first kappa shape index (κ1) is 8.70. The van der Waals surface area contributed by atoms with Gasteiger partial charge in [0.05, 0.1) is 26.3 Å². The molecule has 54 valence electrons. The molecule has 0 radical (unpaired) electrons. The largest absolute Gasteiger partial charge is 0.300 e. The Morgan fingerprint density at radius 3 is 2.11 bits per heavy atom. The maximum Gasteiger partial charge on any atom is 0.0883 e. The van der Waals surface area contributed by atoms with E-state index in [4.69, 9.17) is 0 Å². The topological polar surface area (TPSA) is 0 Å². The van der Waals surface area contributed by atoms with Crippen molar-refractivity contribution in [2.24, 2.45) is 0 Å². The molecule has 1 unspecified atom stereocenters. The fraction of sp³-hybridized carbons (Fsp3) is 0.750. The Hall–Kier alpha value is -0.300. The number of hydrogen-bond donors (Lipinski definition) is 0. The monoisotopic (exact) mass is 128 g/mol. The van der Waals surface area contributed by atoms with Crippen LogP contribution in [0.5, 0.6) is 0 Å². The van der Waals surface area contributed by atoms with Gasteiger partial charge in [-0.15, -0.1) is 0 Å². The Labute approximate surface area is 58.6 Å². The molecule has 0 spiro atoms. The molecule has 0 rings (SSSR count). The molecule has 0 saturated heterocycles. The van der Waals surface area contributed by atoms with E-state index in [0.29, 0.717) is 0 Å². The SMILES string of the molecule is C=C[N+](C)(CC)CCC. The molecule has 1 nitrogen and oxygen atoms in total. The molecular formula is C8H18N+. The summed E-state index contributed by atoms with van der Waals surface area (Å²) in [5.41, 5.74) is 0. The summed E-state index contributed by atoms with van der Waals surface area (Å²) in [6.07, 6.45) is 3.25. The standard InChI is InChI=1S/C8H18N/c1-5-8-9(4,6-2)7-3/h6H,2,5,7-8H2,1,3-4H3/q+1. The number of hydrogen-bond acceptors (Lipinski definition) is 0. The first-order chi connectivity index (χ1) is 4.18.